The average molecular weight is 266 g/mol. The molecule has 2 fully saturated rings. The fourth-order valence-corrected chi connectivity index (χ4v) is 1.98. The highest BCUT2D eigenvalue weighted by Gasteiger charge is 2.31. The Balaban J connectivity index is 1.63. The van der Waals surface area contributed by atoms with Crippen molar-refractivity contribution in [2.45, 2.75) is 25.0 Å². The van der Waals surface area contributed by atoms with E-state index in [-0.39, 0.29) is 5.91 Å². The number of halogens is 1. The van der Waals surface area contributed by atoms with Gasteiger partial charge >= 0.3 is 0 Å². The molecular weight excluding hydrogens is 251 g/mol. The van der Waals surface area contributed by atoms with Gasteiger partial charge in [-0.05, 0) is 12.8 Å². The van der Waals surface area contributed by atoms with Crippen molar-refractivity contribution in [1.29, 1.82) is 0 Å². The number of aromatic nitrogens is 2. The number of ether oxygens (including phenoxy) is 1. The number of anilines is 1. The predicted octanol–water partition coefficient (Wildman–Crippen LogP) is 0.0995. The van der Waals surface area contributed by atoms with Crippen LogP contribution in [0.15, 0.2) is 12.4 Å². The van der Waals surface area contributed by atoms with E-state index in [2.05, 4.69) is 15.3 Å². The van der Waals surface area contributed by atoms with E-state index in [9.17, 15) is 9.18 Å². The second-order valence-electron chi connectivity index (χ2n) is 4.79. The number of rotatable bonds is 3. The molecule has 1 atom stereocenters. The number of carbonyl (C=O) groups excluding carboxylic acids is 1. The van der Waals surface area contributed by atoms with Crippen LogP contribution in [0.5, 0.6) is 0 Å². The maximum atomic E-state index is 12.8. The first-order valence-corrected chi connectivity index (χ1v) is 6.37. The lowest BCUT2D eigenvalue weighted by Crippen LogP contribution is -2.50. The lowest BCUT2D eigenvalue weighted by molar-refractivity contribution is -0.133. The van der Waals surface area contributed by atoms with Crippen molar-refractivity contribution in [1.82, 2.24) is 15.3 Å². The molecule has 0 bridgehead atoms. The molecule has 1 aliphatic heterocycles. The van der Waals surface area contributed by atoms with Crippen molar-refractivity contribution in [3.8, 4) is 0 Å². The molecule has 2 aliphatic rings. The summed E-state index contributed by atoms with van der Waals surface area (Å²) in [5, 5.41) is 2.91. The molecule has 0 radical (unpaired) electrons. The molecule has 1 aliphatic carbocycles. The molecule has 1 saturated heterocycles. The molecule has 102 valence electrons. The van der Waals surface area contributed by atoms with Crippen LogP contribution in [-0.2, 0) is 9.53 Å². The molecule has 2 heterocycles. The van der Waals surface area contributed by atoms with Crippen LogP contribution in [-0.4, -0.2) is 47.7 Å². The van der Waals surface area contributed by atoms with Crippen molar-refractivity contribution in [2.75, 3.05) is 24.6 Å². The van der Waals surface area contributed by atoms with Gasteiger partial charge in [0.2, 0.25) is 5.95 Å². The Morgan fingerprint density at radius 1 is 1.42 bits per heavy atom. The summed E-state index contributed by atoms with van der Waals surface area (Å²) < 4.78 is 18.2. The van der Waals surface area contributed by atoms with Crippen molar-refractivity contribution in [3.05, 3.63) is 18.2 Å². The van der Waals surface area contributed by atoms with Gasteiger partial charge in [-0.25, -0.2) is 14.4 Å². The lowest BCUT2D eigenvalue weighted by Gasteiger charge is -2.32. The van der Waals surface area contributed by atoms with Gasteiger partial charge in [-0.3, -0.25) is 4.79 Å². The third-order valence-corrected chi connectivity index (χ3v) is 3.17. The molecule has 1 amide bonds. The third-order valence-electron chi connectivity index (χ3n) is 3.17. The first-order valence-electron chi connectivity index (χ1n) is 6.37. The summed E-state index contributed by atoms with van der Waals surface area (Å²) in [6.07, 6.45) is 3.82. The molecular formula is C12H15FN4O2. The van der Waals surface area contributed by atoms with E-state index in [0.29, 0.717) is 31.7 Å². The van der Waals surface area contributed by atoms with Gasteiger partial charge in [0.1, 0.15) is 0 Å². The van der Waals surface area contributed by atoms with E-state index < -0.39 is 11.9 Å². The van der Waals surface area contributed by atoms with E-state index in [1.54, 1.807) is 0 Å². The molecule has 1 saturated carbocycles. The van der Waals surface area contributed by atoms with Gasteiger partial charge < -0.3 is 15.0 Å². The predicted molar refractivity (Wildman–Crippen MR) is 65.1 cm³/mol. The zero-order valence-corrected chi connectivity index (χ0v) is 10.4. The molecule has 1 unspecified atom stereocenters. The maximum Gasteiger partial charge on any atom is 0.251 e. The maximum absolute atomic E-state index is 12.8. The van der Waals surface area contributed by atoms with Gasteiger partial charge in [-0.2, -0.15) is 0 Å². The Morgan fingerprint density at radius 3 is 2.84 bits per heavy atom. The minimum absolute atomic E-state index is 0.0886. The SMILES string of the molecule is O=C(NC1CC1)C1CN(c2ncc(F)cn2)CCO1. The van der Waals surface area contributed by atoms with Crippen molar-refractivity contribution < 1.29 is 13.9 Å². The van der Waals surface area contributed by atoms with Crippen molar-refractivity contribution in [3.63, 3.8) is 0 Å². The number of nitrogens with one attached hydrogen (secondary N) is 1. The first-order chi connectivity index (χ1) is 9.22. The largest absolute Gasteiger partial charge is 0.365 e. The molecule has 6 nitrogen and oxygen atoms in total. The number of morpholine rings is 1. The molecule has 7 heteroatoms. The highest BCUT2D eigenvalue weighted by atomic mass is 19.1. The van der Waals surface area contributed by atoms with Gasteiger partial charge in [-0.1, -0.05) is 0 Å². The Bertz CT molecular complexity index is 463. The summed E-state index contributed by atoms with van der Waals surface area (Å²) in [4.78, 5) is 21.6. The van der Waals surface area contributed by atoms with Crippen LogP contribution in [0, 0.1) is 5.82 Å². The summed E-state index contributed by atoms with van der Waals surface area (Å²) in [5.41, 5.74) is 0. The average Bonchev–Trinajstić information content (AvgIpc) is 3.24. The van der Waals surface area contributed by atoms with E-state index in [1.807, 2.05) is 4.90 Å². The normalized spacial score (nSPS) is 23.2. The number of hydrogen-bond donors (Lipinski definition) is 1. The van der Waals surface area contributed by atoms with E-state index >= 15 is 0 Å². The Kier molecular flexibility index (Phi) is 3.29. The smallest absolute Gasteiger partial charge is 0.251 e. The number of carbonyl (C=O) groups is 1. The second-order valence-corrected chi connectivity index (χ2v) is 4.79. The molecule has 3 rings (SSSR count). The van der Waals surface area contributed by atoms with Gasteiger partial charge in [0, 0.05) is 12.6 Å². The van der Waals surface area contributed by atoms with Crippen LogP contribution in [0.25, 0.3) is 0 Å². The summed E-state index contributed by atoms with van der Waals surface area (Å²) in [7, 11) is 0. The van der Waals surface area contributed by atoms with Crippen molar-refractivity contribution in [2.24, 2.45) is 0 Å². The standard InChI is InChI=1S/C12H15FN4O2/c13-8-5-14-12(15-6-8)17-3-4-19-10(7-17)11(18)16-9-1-2-9/h5-6,9-10H,1-4,7H2,(H,16,18). The lowest BCUT2D eigenvalue weighted by atomic mass is 10.2. The van der Waals surface area contributed by atoms with E-state index in [4.69, 9.17) is 4.74 Å². The molecule has 1 N–H and O–H groups in total. The van der Waals surface area contributed by atoms with Gasteiger partial charge in [0.25, 0.3) is 5.91 Å². The second kappa shape index (κ2) is 5.08. The number of nitrogens with zero attached hydrogens (tertiary/aromatic N) is 3. The van der Waals surface area contributed by atoms with E-state index in [1.165, 1.54) is 0 Å². The molecule has 0 spiro atoms. The zero-order chi connectivity index (χ0) is 13.2. The highest BCUT2D eigenvalue weighted by Crippen LogP contribution is 2.20. The van der Waals surface area contributed by atoms with E-state index in [0.717, 1.165) is 25.2 Å². The molecule has 1 aromatic rings. The molecule has 19 heavy (non-hydrogen) atoms. The molecule has 1 aromatic heterocycles. The van der Waals surface area contributed by atoms with Gasteiger partial charge in [-0.15, -0.1) is 0 Å². The Morgan fingerprint density at radius 2 is 2.16 bits per heavy atom. The highest BCUT2D eigenvalue weighted by molar-refractivity contribution is 5.82. The third kappa shape index (κ3) is 2.98. The zero-order valence-electron chi connectivity index (χ0n) is 10.4. The summed E-state index contributed by atoms with van der Waals surface area (Å²) in [6, 6.07) is 0.313. The van der Waals surface area contributed by atoms with Crippen molar-refractivity contribution >= 4 is 11.9 Å². The van der Waals surface area contributed by atoms with Crippen LogP contribution >= 0.6 is 0 Å². The fourth-order valence-electron chi connectivity index (χ4n) is 1.98. The minimum atomic E-state index is -0.511. The fraction of sp³-hybridized carbons (Fsp3) is 0.583. The monoisotopic (exact) mass is 266 g/mol. The molecule has 0 aromatic carbocycles. The number of hydrogen-bond acceptors (Lipinski definition) is 5. The summed E-state index contributed by atoms with van der Waals surface area (Å²) >= 11 is 0. The van der Waals surface area contributed by atoms with Crippen LogP contribution in [0.3, 0.4) is 0 Å². The summed E-state index contributed by atoms with van der Waals surface area (Å²) in [6.45, 7) is 1.42. The Hall–Kier alpha value is -1.76. The Labute approximate surface area is 110 Å². The van der Waals surface area contributed by atoms with Crippen LogP contribution in [0.2, 0.25) is 0 Å². The number of amides is 1. The van der Waals surface area contributed by atoms with Gasteiger partial charge in [0.15, 0.2) is 11.9 Å². The van der Waals surface area contributed by atoms with Crippen LogP contribution in [0.4, 0.5) is 10.3 Å². The topological polar surface area (TPSA) is 67.4 Å². The quantitative estimate of drug-likeness (QED) is 0.840. The van der Waals surface area contributed by atoms with Gasteiger partial charge in [0.05, 0.1) is 25.5 Å². The van der Waals surface area contributed by atoms with Crippen LogP contribution < -0.4 is 10.2 Å². The first kappa shape index (κ1) is 12.3. The summed E-state index contributed by atoms with van der Waals surface area (Å²) in [5.74, 6) is -0.136. The minimum Gasteiger partial charge on any atom is -0.365 e. The van der Waals surface area contributed by atoms with Crippen LogP contribution in [0.1, 0.15) is 12.8 Å².